The fourth-order valence-electron chi connectivity index (χ4n) is 3.21. The summed E-state index contributed by atoms with van der Waals surface area (Å²) in [4.78, 5) is 52.9. The molecule has 180 valence electrons. The van der Waals surface area contributed by atoms with E-state index in [4.69, 9.17) is 15.2 Å². The SMILES string of the molecule is CCCCN(C(=O)COC(=O)CCOc1cccc(C)c1)c1c(N)n(CCC)c(=O)[nH]c1=O. The average Bonchev–Trinajstić information content (AvgIpc) is 2.77. The Labute approximate surface area is 192 Å². The topological polar surface area (TPSA) is 137 Å². The Kier molecular flexibility index (Phi) is 9.71. The lowest BCUT2D eigenvalue weighted by atomic mass is 10.2. The zero-order valence-corrected chi connectivity index (χ0v) is 19.4. The number of hydrogen-bond donors (Lipinski definition) is 2. The van der Waals surface area contributed by atoms with Gasteiger partial charge in [0.05, 0.1) is 13.0 Å². The number of hydrogen-bond acceptors (Lipinski definition) is 7. The van der Waals surface area contributed by atoms with Gasteiger partial charge in [0.15, 0.2) is 12.3 Å². The molecule has 33 heavy (non-hydrogen) atoms. The van der Waals surface area contributed by atoms with E-state index in [9.17, 15) is 19.2 Å². The van der Waals surface area contributed by atoms with Gasteiger partial charge in [-0.3, -0.25) is 23.9 Å². The Morgan fingerprint density at radius 1 is 1.18 bits per heavy atom. The number of benzene rings is 1. The third kappa shape index (κ3) is 7.23. The monoisotopic (exact) mass is 460 g/mol. The third-order valence-electron chi connectivity index (χ3n) is 4.89. The smallest absolute Gasteiger partial charge is 0.330 e. The summed E-state index contributed by atoms with van der Waals surface area (Å²) in [5.74, 6) is -0.658. The number of carbonyl (C=O) groups is 2. The van der Waals surface area contributed by atoms with Gasteiger partial charge in [0.1, 0.15) is 11.6 Å². The number of aromatic amines is 1. The lowest BCUT2D eigenvalue weighted by Gasteiger charge is -2.24. The van der Waals surface area contributed by atoms with Crippen LogP contribution in [-0.2, 0) is 20.9 Å². The van der Waals surface area contributed by atoms with Crippen molar-refractivity contribution >= 4 is 23.4 Å². The van der Waals surface area contributed by atoms with Gasteiger partial charge >= 0.3 is 11.7 Å². The summed E-state index contributed by atoms with van der Waals surface area (Å²) in [6.07, 6.45) is 1.92. The maximum absolute atomic E-state index is 12.9. The molecule has 0 aliphatic heterocycles. The van der Waals surface area contributed by atoms with Crippen molar-refractivity contribution in [1.29, 1.82) is 0 Å². The minimum atomic E-state index is -0.757. The number of carbonyl (C=O) groups excluding carboxylic acids is 2. The van der Waals surface area contributed by atoms with Crippen LogP contribution in [0.25, 0.3) is 0 Å². The van der Waals surface area contributed by atoms with Crippen LogP contribution in [0.1, 0.15) is 45.1 Å². The highest BCUT2D eigenvalue weighted by Gasteiger charge is 2.24. The van der Waals surface area contributed by atoms with E-state index in [-0.39, 0.29) is 31.1 Å². The molecule has 1 amide bonds. The molecule has 0 aliphatic carbocycles. The molecule has 0 spiro atoms. The van der Waals surface area contributed by atoms with Gasteiger partial charge in [0.2, 0.25) is 0 Å². The van der Waals surface area contributed by atoms with Crippen LogP contribution in [0.3, 0.4) is 0 Å². The lowest BCUT2D eigenvalue weighted by molar-refractivity contribution is -0.148. The number of aromatic nitrogens is 2. The van der Waals surface area contributed by atoms with E-state index in [0.717, 1.165) is 12.0 Å². The number of nitrogens with one attached hydrogen (secondary N) is 1. The van der Waals surface area contributed by atoms with Gasteiger partial charge in [-0.15, -0.1) is 0 Å². The summed E-state index contributed by atoms with van der Waals surface area (Å²) in [5, 5.41) is 0. The van der Waals surface area contributed by atoms with Gasteiger partial charge in [-0.25, -0.2) is 4.79 Å². The van der Waals surface area contributed by atoms with Crippen molar-refractivity contribution in [3.8, 4) is 5.75 Å². The van der Waals surface area contributed by atoms with Crippen LogP contribution in [0.15, 0.2) is 33.9 Å². The van der Waals surface area contributed by atoms with Crippen molar-refractivity contribution in [2.24, 2.45) is 0 Å². The van der Waals surface area contributed by atoms with Crippen molar-refractivity contribution in [3.63, 3.8) is 0 Å². The number of H-pyrrole nitrogens is 1. The van der Waals surface area contributed by atoms with Crippen LogP contribution in [-0.4, -0.2) is 41.2 Å². The van der Waals surface area contributed by atoms with E-state index in [1.165, 1.54) is 9.47 Å². The zero-order valence-electron chi connectivity index (χ0n) is 19.4. The second kappa shape index (κ2) is 12.5. The molecule has 0 saturated carbocycles. The zero-order chi connectivity index (χ0) is 24.4. The molecule has 0 atom stereocenters. The van der Waals surface area contributed by atoms with Crippen LogP contribution in [0.2, 0.25) is 0 Å². The number of unbranched alkanes of at least 4 members (excludes halogenated alkanes) is 1. The van der Waals surface area contributed by atoms with Crippen molar-refractivity contribution in [2.45, 2.75) is 53.0 Å². The summed E-state index contributed by atoms with van der Waals surface area (Å²) >= 11 is 0. The van der Waals surface area contributed by atoms with Gasteiger partial charge in [-0.2, -0.15) is 0 Å². The molecule has 10 nitrogen and oxygen atoms in total. The Morgan fingerprint density at radius 2 is 1.94 bits per heavy atom. The number of nitrogens with zero attached hydrogens (tertiary/aromatic N) is 2. The molecule has 0 fully saturated rings. The molecule has 2 aromatic rings. The molecular formula is C23H32N4O6. The molecular weight excluding hydrogens is 428 g/mol. The standard InChI is InChI=1S/C23H32N4O6/c1-4-6-12-26(20-21(24)27(11-5-2)23(31)25-22(20)30)18(28)15-33-19(29)10-13-32-17-9-7-8-16(3)14-17/h7-9,14H,4-6,10-13,15,24H2,1-3H3,(H,25,30,31). The summed E-state index contributed by atoms with van der Waals surface area (Å²) in [6, 6.07) is 7.42. The first-order valence-electron chi connectivity index (χ1n) is 11.1. The number of anilines is 2. The van der Waals surface area contributed by atoms with Crippen molar-refractivity contribution in [2.75, 3.05) is 30.4 Å². The highest BCUT2D eigenvalue weighted by atomic mass is 16.5. The Bertz CT molecular complexity index is 1080. The number of ether oxygens (including phenoxy) is 2. The second-order valence-corrected chi connectivity index (χ2v) is 7.62. The number of amides is 1. The van der Waals surface area contributed by atoms with Gasteiger partial charge in [0.25, 0.3) is 11.5 Å². The molecule has 2 rings (SSSR count). The van der Waals surface area contributed by atoms with Crippen molar-refractivity contribution in [3.05, 3.63) is 50.7 Å². The van der Waals surface area contributed by atoms with Crippen LogP contribution >= 0.6 is 0 Å². The molecule has 1 heterocycles. The Hall–Kier alpha value is -3.56. The highest BCUT2D eigenvalue weighted by molar-refractivity contribution is 5.97. The summed E-state index contributed by atoms with van der Waals surface area (Å²) in [6.45, 7) is 5.76. The molecule has 0 saturated heterocycles. The summed E-state index contributed by atoms with van der Waals surface area (Å²) < 4.78 is 11.8. The molecule has 0 aliphatic rings. The maximum atomic E-state index is 12.9. The van der Waals surface area contributed by atoms with Crippen LogP contribution < -0.4 is 26.6 Å². The van der Waals surface area contributed by atoms with E-state index in [0.29, 0.717) is 25.1 Å². The third-order valence-corrected chi connectivity index (χ3v) is 4.89. The molecule has 1 aromatic heterocycles. The van der Waals surface area contributed by atoms with Crippen LogP contribution in [0.4, 0.5) is 11.5 Å². The first kappa shape index (κ1) is 25.7. The number of aryl methyl sites for hydroxylation is 1. The Morgan fingerprint density at radius 3 is 2.61 bits per heavy atom. The lowest BCUT2D eigenvalue weighted by Crippen LogP contribution is -2.43. The van der Waals surface area contributed by atoms with Crippen molar-refractivity contribution < 1.29 is 19.1 Å². The largest absolute Gasteiger partial charge is 0.493 e. The minimum absolute atomic E-state index is 0.0414. The number of nitrogen functional groups attached to an aromatic ring is 1. The summed E-state index contributed by atoms with van der Waals surface area (Å²) in [5.41, 5.74) is 5.63. The minimum Gasteiger partial charge on any atom is -0.493 e. The van der Waals surface area contributed by atoms with E-state index in [1.54, 1.807) is 6.07 Å². The second-order valence-electron chi connectivity index (χ2n) is 7.62. The predicted molar refractivity (Wildman–Crippen MR) is 126 cm³/mol. The molecule has 10 heteroatoms. The fraction of sp³-hybridized carbons (Fsp3) is 0.478. The Balaban J connectivity index is 2.06. The van der Waals surface area contributed by atoms with Crippen LogP contribution in [0, 0.1) is 6.92 Å². The van der Waals surface area contributed by atoms with E-state index >= 15 is 0 Å². The molecule has 1 aromatic carbocycles. The van der Waals surface area contributed by atoms with Gasteiger partial charge in [0, 0.05) is 13.1 Å². The first-order chi connectivity index (χ1) is 15.8. The maximum Gasteiger partial charge on any atom is 0.330 e. The number of nitrogens with two attached hydrogens (primary N) is 1. The van der Waals surface area contributed by atoms with Crippen molar-refractivity contribution in [1.82, 2.24) is 9.55 Å². The molecule has 0 unspecified atom stereocenters. The fourth-order valence-corrected chi connectivity index (χ4v) is 3.21. The molecule has 0 radical (unpaired) electrons. The predicted octanol–water partition coefficient (Wildman–Crippen LogP) is 1.98. The van der Waals surface area contributed by atoms with Crippen LogP contribution in [0.5, 0.6) is 5.75 Å². The highest BCUT2D eigenvalue weighted by Crippen LogP contribution is 2.18. The van der Waals surface area contributed by atoms with Gasteiger partial charge < -0.3 is 20.1 Å². The van der Waals surface area contributed by atoms with E-state index in [1.807, 2.05) is 39.0 Å². The first-order valence-corrected chi connectivity index (χ1v) is 11.1. The van der Waals surface area contributed by atoms with E-state index < -0.39 is 29.7 Å². The van der Waals surface area contributed by atoms with E-state index in [2.05, 4.69) is 4.98 Å². The van der Waals surface area contributed by atoms with Gasteiger partial charge in [-0.1, -0.05) is 32.4 Å². The normalized spacial score (nSPS) is 10.6. The number of rotatable bonds is 12. The summed E-state index contributed by atoms with van der Waals surface area (Å²) in [7, 11) is 0. The number of esters is 1. The molecule has 3 N–H and O–H groups in total. The quantitative estimate of drug-likeness (QED) is 0.462. The van der Waals surface area contributed by atoms with Gasteiger partial charge in [-0.05, 0) is 37.5 Å². The molecule has 0 bridgehead atoms. The average molecular weight is 461 g/mol.